The van der Waals surface area contributed by atoms with E-state index in [0.717, 1.165) is 19.0 Å². The van der Waals surface area contributed by atoms with Crippen molar-refractivity contribution in [3.63, 3.8) is 0 Å². The lowest BCUT2D eigenvalue weighted by Crippen LogP contribution is -2.37. The van der Waals surface area contributed by atoms with Gasteiger partial charge in [0.05, 0.1) is 5.54 Å². The second kappa shape index (κ2) is 4.16. The van der Waals surface area contributed by atoms with Crippen LogP contribution in [0.15, 0.2) is 35.3 Å². The fourth-order valence-corrected chi connectivity index (χ4v) is 2.21. The highest BCUT2D eigenvalue weighted by Crippen LogP contribution is 2.25. The predicted octanol–water partition coefficient (Wildman–Crippen LogP) is 1.81. The van der Waals surface area contributed by atoms with Gasteiger partial charge in [0.2, 0.25) is 0 Å². The molecule has 3 heteroatoms. The number of benzene rings is 1. The molecule has 1 saturated heterocycles. The van der Waals surface area contributed by atoms with Crippen LogP contribution in [0.3, 0.4) is 0 Å². The molecule has 16 heavy (non-hydrogen) atoms. The number of aliphatic imine (C=N–C) groups is 1. The molecular weight excluding hydrogens is 198 g/mol. The van der Waals surface area contributed by atoms with Crippen LogP contribution in [0.25, 0.3) is 0 Å². The first-order valence-electron chi connectivity index (χ1n) is 5.75. The van der Waals surface area contributed by atoms with E-state index in [-0.39, 0.29) is 5.54 Å². The number of guanidine groups is 1. The molecule has 1 aromatic carbocycles. The van der Waals surface area contributed by atoms with Crippen molar-refractivity contribution in [1.82, 2.24) is 10.2 Å². The standard InChI is InChI=1S/C13H19N3/c1-4-14-12-15-13(2,10-16(12)3)11-8-6-5-7-9-11/h5-9H,4,10H2,1-3H3,(H,14,15)/t13-/m0/s1. The van der Waals surface area contributed by atoms with Gasteiger partial charge in [-0.25, -0.2) is 0 Å². The molecule has 86 valence electrons. The average molecular weight is 217 g/mol. The Morgan fingerprint density at radius 1 is 1.38 bits per heavy atom. The van der Waals surface area contributed by atoms with Gasteiger partial charge in [-0.05, 0) is 19.4 Å². The Balaban J connectivity index is 2.27. The van der Waals surface area contributed by atoms with E-state index in [4.69, 9.17) is 0 Å². The monoisotopic (exact) mass is 217 g/mol. The molecule has 1 atom stereocenters. The molecule has 2 rings (SSSR count). The zero-order valence-corrected chi connectivity index (χ0v) is 10.2. The van der Waals surface area contributed by atoms with Crippen LogP contribution in [-0.2, 0) is 5.54 Å². The molecule has 1 aliphatic rings. The lowest BCUT2D eigenvalue weighted by Gasteiger charge is -2.23. The summed E-state index contributed by atoms with van der Waals surface area (Å²) < 4.78 is 0. The summed E-state index contributed by atoms with van der Waals surface area (Å²) >= 11 is 0. The van der Waals surface area contributed by atoms with Crippen LogP contribution in [0.4, 0.5) is 0 Å². The third kappa shape index (κ3) is 1.90. The molecule has 0 aliphatic carbocycles. The van der Waals surface area contributed by atoms with Gasteiger partial charge in [-0.15, -0.1) is 0 Å². The molecule has 1 aromatic rings. The normalized spacial score (nSPS) is 27.2. The van der Waals surface area contributed by atoms with E-state index >= 15 is 0 Å². The Kier molecular flexibility index (Phi) is 2.86. The van der Waals surface area contributed by atoms with Gasteiger partial charge in [0.15, 0.2) is 5.96 Å². The van der Waals surface area contributed by atoms with Crippen LogP contribution < -0.4 is 5.32 Å². The van der Waals surface area contributed by atoms with E-state index in [2.05, 4.69) is 60.4 Å². The quantitative estimate of drug-likeness (QED) is 0.818. The van der Waals surface area contributed by atoms with Gasteiger partial charge in [0.1, 0.15) is 0 Å². The maximum atomic E-state index is 4.46. The van der Waals surface area contributed by atoms with Crippen molar-refractivity contribution in [2.45, 2.75) is 19.4 Å². The molecule has 1 aliphatic heterocycles. The van der Waals surface area contributed by atoms with Crippen molar-refractivity contribution in [1.29, 1.82) is 0 Å². The number of hydrogen-bond donors (Lipinski definition) is 1. The summed E-state index contributed by atoms with van der Waals surface area (Å²) in [5, 5.41) is 3.51. The van der Waals surface area contributed by atoms with E-state index in [1.807, 2.05) is 6.07 Å². The summed E-state index contributed by atoms with van der Waals surface area (Å²) in [6.07, 6.45) is 0. The van der Waals surface area contributed by atoms with Crippen molar-refractivity contribution in [3.8, 4) is 0 Å². The SMILES string of the molecule is CCN=C1N[C@](C)(c2ccccc2)CN1C. The first-order valence-corrected chi connectivity index (χ1v) is 5.75. The largest absolute Gasteiger partial charge is 0.345 e. The number of likely N-dealkylation sites (N-methyl/N-ethyl adjacent to an activating group) is 1. The van der Waals surface area contributed by atoms with Crippen LogP contribution in [0.1, 0.15) is 19.4 Å². The highest BCUT2D eigenvalue weighted by atomic mass is 15.4. The van der Waals surface area contributed by atoms with Gasteiger partial charge in [-0.1, -0.05) is 30.3 Å². The van der Waals surface area contributed by atoms with Crippen LogP contribution in [-0.4, -0.2) is 31.0 Å². The van der Waals surface area contributed by atoms with Crippen LogP contribution in [0.5, 0.6) is 0 Å². The van der Waals surface area contributed by atoms with Gasteiger partial charge in [-0.3, -0.25) is 4.99 Å². The lowest BCUT2D eigenvalue weighted by atomic mass is 9.93. The van der Waals surface area contributed by atoms with Crippen LogP contribution in [0.2, 0.25) is 0 Å². The zero-order valence-electron chi connectivity index (χ0n) is 10.2. The molecule has 0 amide bonds. The van der Waals surface area contributed by atoms with Crippen molar-refractivity contribution < 1.29 is 0 Å². The first kappa shape index (κ1) is 11.0. The summed E-state index contributed by atoms with van der Waals surface area (Å²) in [5.74, 6) is 0.994. The van der Waals surface area contributed by atoms with E-state index in [9.17, 15) is 0 Å². The minimum absolute atomic E-state index is 0.0238. The van der Waals surface area contributed by atoms with E-state index in [0.29, 0.717) is 0 Å². The molecule has 1 fully saturated rings. The lowest BCUT2D eigenvalue weighted by molar-refractivity contribution is 0.404. The summed E-state index contributed by atoms with van der Waals surface area (Å²) in [6, 6.07) is 10.5. The number of nitrogens with one attached hydrogen (secondary N) is 1. The minimum atomic E-state index is -0.0238. The highest BCUT2D eigenvalue weighted by Gasteiger charge is 2.36. The molecule has 1 heterocycles. The Morgan fingerprint density at radius 3 is 2.69 bits per heavy atom. The summed E-state index contributed by atoms with van der Waals surface area (Å²) in [4.78, 5) is 6.63. The predicted molar refractivity (Wildman–Crippen MR) is 67.5 cm³/mol. The van der Waals surface area contributed by atoms with Gasteiger partial charge in [0, 0.05) is 20.1 Å². The minimum Gasteiger partial charge on any atom is -0.345 e. The third-order valence-electron chi connectivity index (χ3n) is 3.02. The molecule has 0 bridgehead atoms. The topological polar surface area (TPSA) is 27.6 Å². The second-order valence-corrected chi connectivity index (χ2v) is 4.48. The molecular formula is C13H19N3. The van der Waals surface area contributed by atoms with Crippen molar-refractivity contribution >= 4 is 5.96 Å². The Hall–Kier alpha value is -1.51. The van der Waals surface area contributed by atoms with Crippen molar-refractivity contribution in [2.75, 3.05) is 20.1 Å². The molecule has 0 spiro atoms. The van der Waals surface area contributed by atoms with Gasteiger partial charge < -0.3 is 10.2 Å². The Labute approximate surface area is 97.2 Å². The molecule has 1 N–H and O–H groups in total. The maximum Gasteiger partial charge on any atom is 0.194 e. The average Bonchev–Trinajstić information content (AvgIpc) is 2.57. The van der Waals surface area contributed by atoms with E-state index in [1.54, 1.807) is 0 Å². The van der Waals surface area contributed by atoms with Crippen molar-refractivity contribution in [3.05, 3.63) is 35.9 Å². The van der Waals surface area contributed by atoms with E-state index in [1.165, 1.54) is 5.56 Å². The number of rotatable bonds is 2. The molecule has 0 unspecified atom stereocenters. The third-order valence-corrected chi connectivity index (χ3v) is 3.02. The van der Waals surface area contributed by atoms with Crippen LogP contribution in [0, 0.1) is 0 Å². The highest BCUT2D eigenvalue weighted by molar-refractivity contribution is 5.83. The van der Waals surface area contributed by atoms with Crippen LogP contribution >= 0.6 is 0 Å². The Morgan fingerprint density at radius 2 is 2.06 bits per heavy atom. The summed E-state index contributed by atoms with van der Waals surface area (Å²) in [6.45, 7) is 6.05. The smallest absolute Gasteiger partial charge is 0.194 e. The molecule has 3 nitrogen and oxygen atoms in total. The molecule has 0 radical (unpaired) electrons. The van der Waals surface area contributed by atoms with Gasteiger partial charge in [0.25, 0.3) is 0 Å². The Bertz CT molecular complexity index is 385. The maximum absolute atomic E-state index is 4.46. The van der Waals surface area contributed by atoms with Gasteiger partial charge in [-0.2, -0.15) is 0 Å². The summed E-state index contributed by atoms with van der Waals surface area (Å²) in [7, 11) is 2.08. The van der Waals surface area contributed by atoms with E-state index < -0.39 is 0 Å². The van der Waals surface area contributed by atoms with Gasteiger partial charge >= 0.3 is 0 Å². The first-order chi connectivity index (χ1) is 7.65. The second-order valence-electron chi connectivity index (χ2n) is 4.48. The fourth-order valence-electron chi connectivity index (χ4n) is 2.21. The molecule has 0 aromatic heterocycles. The number of nitrogens with zero attached hydrogens (tertiary/aromatic N) is 2. The fraction of sp³-hybridized carbons (Fsp3) is 0.462. The molecule has 0 saturated carbocycles. The number of hydrogen-bond acceptors (Lipinski definition) is 1. The zero-order chi connectivity index (χ0) is 11.6. The van der Waals surface area contributed by atoms with Crippen molar-refractivity contribution in [2.24, 2.45) is 4.99 Å². The summed E-state index contributed by atoms with van der Waals surface area (Å²) in [5.41, 5.74) is 1.28.